The summed E-state index contributed by atoms with van der Waals surface area (Å²) in [7, 11) is 0. The van der Waals surface area contributed by atoms with Gasteiger partial charge in [-0.3, -0.25) is 4.79 Å². The highest BCUT2D eigenvalue weighted by Gasteiger charge is 2.17. The van der Waals surface area contributed by atoms with E-state index < -0.39 is 0 Å². The summed E-state index contributed by atoms with van der Waals surface area (Å²) in [4.78, 5) is 12.5. The van der Waals surface area contributed by atoms with Crippen LogP contribution in [0.4, 0.5) is 5.69 Å². The number of aryl methyl sites for hydroxylation is 1. The highest BCUT2D eigenvalue weighted by Crippen LogP contribution is 2.33. The van der Waals surface area contributed by atoms with E-state index in [4.69, 9.17) is 11.6 Å². The Morgan fingerprint density at radius 1 is 1.21 bits per heavy atom. The molecule has 0 fully saturated rings. The second kappa shape index (κ2) is 9.43. The predicted molar refractivity (Wildman–Crippen MR) is 122 cm³/mol. The second-order valence-corrected chi connectivity index (χ2v) is 9.03. The number of nitrogens with zero attached hydrogens (tertiary/aromatic N) is 3. The molecule has 0 aliphatic carbocycles. The van der Waals surface area contributed by atoms with Crippen molar-refractivity contribution in [1.82, 2.24) is 14.8 Å². The molecule has 1 heterocycles. The van der Waals surface area contributed by atoms with Crippen molar-refractivity contribution in [3.63, 3.8) is 0 Å². The summed E-state index contributed by atoms with van der Waals surface area (Å²) in [5.41, 5.74) is 2.63. The van der Waals surface area contributed by atoms with E-state index in [1.54, 1.807) is 0 Å². The number of carbonyl (C=O) groups is 1. The molecule has 28 heavy (non-hydrogen) atoms. The zero-order chi connectivity index (χ0) is 20.3. The Balaban J connectivity index is 1.73. The topological polar surface area (TPSA) is 59.8 Å². The Morgan fingerprint density at radius 3 is 2.54 bits per heavy atom. The SMILES string of the molecule is CCn1c(SCC(=O)Nc2c(Br)cc(C)cc2Br)nnc1-c1ccccc1Cl. The molecule has 0 radical (unpaired) electrons. The number of halogens is 3. The molecule has 0 aliphatic rings. The van der Waals surface area contributed by atoms with E-state index in [0.717, 1.165) is 20.1 Å². The monoisotopic (exact) mass is 542 g/mol. The number of anilines is 1. The van der Waals surface area contributed by atoms with Gasteiger partial charge in [0.15, 0.2) is 11.0 Å². The average Bonchev–Trinajstić information content (AvgIpc) is 3.06. The summed E-state index contributed by atoms with van der Waals surface area (Å²) in [6, 6.07) is 11.4. The molecule has 9 heteroatoms. The smallest absolute Gasteiger partial charge is 0.234 e. The van der Waals surface area contributed by atoms with Gasteiger partial charge in [0.25, 0.3) is 0 Å². The van der Waals surface area contributed by atoms with E-state index in [-0.39, 0.29) is 11.7 Å². The van der Waals surface area contributed by atoms with Gasteiger partial charge in [0.1, 0.15) is 0 Å². The van der Waals surface area contributed by atoms with Gasteiger partial charge in [0.05, 0.1) is 16.5 Å². The predicted octanol–water partition coefficient (Wildman–Crippen LogP) is 6.18. The fraction of sp³-hybridized carbons (Fsp3) is 0.211. The van der Waals surface area contributed by atoms with Crippen LogP contribution in [0.25, 0.3) is 11.4 Å². The number of hydrogen-bond acceptors (Lipinski definition) is 4. The number of aromatic nitrogens is 3. The van der Waals surface area contributed by atoms with Gasteiger partial charge < -0.3 is 9.88 Å². The van der Waals surface area contributed by atoms with Crippen LogP contribution in [0.2, 0.25) is 5.02 Å². The third-order valence-electron chi connectivity index (χ3n) is 3.93. The lowest BCUT2D eigenvalue weighted by atomic mass is 10.2. The van der Waals surface area contributed by atoms with E-state index in [1.807, 2.05) is 54.8 Å². The Hall–Kier alpha value is -1.35. The molecule has 1 N–H and O–H groups in total. The maximum atomic E-state index is 12.5. The molecule has 0 spiro atoms. The fourth-order valence-electron chi connectivity index (χ4n) is 2.65. The Bertz CT molecular complexity index is 1000. The molecular weight excluding hydrogens is 528 g/mol. The van der Waals surface area contributed by atoms with Gasteiger partial charge in [-0.15, -0.1) is 10.2 Å². The minimum Gasteiger partial charge on any atom is -0.323 e. The third-order valence-corrected chi connectivity index (χ3v) is 6.48. The molecule has 0 unspecified atom stereocenters. The summed E-state index contributed by atoms with van der Waals surface area (Å²) in [6.45, 7) is 4.67. The first kappa shape index (κ1) is 21.4. The van der Waals surface area contributed by atoms with Crippen molar-refractivity contribution in [3.05, 3.63) is 55.9 Å². The van der Waals surface area contributed by atoms with Crippen LogP contribution in [0, 0.1) is 6.92 Å². The van der Waals surface area contributed by atoms with Gasteiger partial charge in [-0.25, -0.2) is 0 Å². The van der Waals surface area contributed by atoms with Crippen LogP contribution in [0.3, 0.4) is 0 Å². The Morgan fingerprint density at radius 2 is 1.89 bits per heavy atom. The standard InChI is InChI=1S/C19H17Br2ClN4OS/c1-3-26-18(12-6-4-5-7-15(12)22)24-25-19(26)28-10-16(27)23-17-13(20)8-11(2)9-14(17)21/h4-9H,3,10H2,1-2H3,(H,23,27). The highest BCUT2D eigenvalue weighted by atomic mass is 79.9. The molecule has 0 saturated heterocycles. The lowest BCUT2D eigenvalue weighted by Gasteiger charge is -2.11. The van der Waals surface area contributed by atoms with Crippen LogP contribution >= 0.6 is 55.2 Å². The number of benzene rings is 2. The van der Waals surface area contributed by atoms with Crippen molar-refractivity contribution >= 4 is 66.8 Å². The number of rotatable bonds is 6. The summed E-state index contributed by atoms with van der Waals surface area (Å²) in [6.07, 6.45) is 0. The van der Waals surface area contributed by atoms with Crippen LogP contribution < -0.4 is 5.32 Å². The molecule has 146 valence electrons. The first-order valence-electron chi connectivity index (χ1n) is 8.47. The minimum absolute atomic E-state index is 0.125. The van der Waals surface area contributed by atoms with Crippen molar-refractivity contribution in [2.24, 2.45) is 0 Å². The first-order valence-corrected chi connectivity index (χ1v) is 11.4. The van der Waals surface area contributed by atoms with Crippen molar-refractivity contribution in [3.8, 4) is 11.4 Å². The van der Waals surface area contributed by atoms with Gasteiger partial charge in [-0.1, -0.05) is 35.5 Å². The van der Waals surface area contributed by atoms with Crippen LogP contribution in [-0.4, -0.2) is 26.4 Å². The van der Waals surface area contributed by atoms with Gasteiger partial charge in [-0.2, -0.15) is 0 Å². The largest absolute Gasteiger partial charge is 0.323 e. The fourth-order valence-corrected chi connectivity index (χ4v) is 5.28. The number of thioether (sulfide) groups is 1. The number of hydrogen-bond donors (Lipinski definition) is 1. The summed E-state index contributed by atoms with van der Waals surface area (Å²) >= 11 is 14.6. The molecule has 0 saturated carbocycles. The van der Waals surface area contributed by atoms with Crippen LogP contribution in [0.1, 0.15) is 12.5 Å². The summed E-state index contributed by atoms with van der Waals surface area (Å²) in [5, 5.41) is 12.8. The Labute approximate surface area is 189 Å². The molecule has 3 rings (SSSR count). The van der Waals surface area contributed by atoms with Crippen LogP contribution in [-0.2, 0) is 11.3 Å². The molecule has 2 aromatic carbocycles. The van der Waals surface area contributed by atoms with Gasteiger partial charge in [0, 0.05) is 21.1 Å². The zero-order valence-electron chi connectivity index (χ0n) is 15.2. The number of nitrogens with one attached hydrogen (secondary N) is 1. The van der Waals surface area contributed by atoms with E-state index in [2.05, 4.69) is 47.4 Å². The molecule has 1 aromatic heterocycles. The Kier molecular flexibility index (Phi) is 7.20. The maximum Gasteiger partial charge on any atom is 0.234 e. The van der Waals surface area contributed by atoms with Crippen molar-refractivity contribution in [2.45, 2.75) is 25.5 Å². The van der Waals surface area contributed by atoms with Crippen molar-refractivity contribution in [2.75, 3.05) is 11.1 Å². The van der Waals surface area contributed by atoms with Gasteiger partial charge in [0.2, 0.25) is 5.91 Å². The van der Waals surface area contributed by atoms with Gasteiger partial charge in [-0.05, 0) is 75.5 Å². The molecule has 1 amide bonds. The maximum absolute atomic E-state index is 12.5. The first-order chi connectivity index (χ1) is 13.4. The van der Waals surface area contributed by atoms with E-state index in [9.17, 15) is 4.79 Å². The normalized spacial score (nSPS) is 10.9. The van der Waals surface area contributed by atoms with Gasteiger partial charge >= 0.3 is 0 Å². The summed E-state index contributed by atoms with van der Waals surface area (Å²) in [5.74, 6) is 0.785. The van der Waals surface area contributed by atoms with E-state index in [0.29, 0.717) is 28.2 Å². The number of amides is 1. The average molecular weight is 545 g/mol. The number of carbonyl (C=O) groups excluding carboxylic acids is 1. The van der Waals surface area contributed by atoms with Crippen molar-refractivity contribution < 1.29 is 4.79 Å². The molecule has 5 nitrogen and oxygen atoms in total. The lowest BCUT2D eigenvalue weighted by Crippen LogP contribution is -2.15. The van der Waals surface area contributed by atoms with E-state index >= 15 is 0 Å². The van der Waals surface area contributed by atoms with E-state index in [1.165, 1.54) is 11.8 Å². The molecule has 3 aromatic rings. The quantitative estimate of drug-likeness (QED) is 0.377. The highest BCUT2D eigenvalue weighted by molar-refractivity contribution is 9.11. The zero-order valence-corrected chi connectivity index (χ0v) is 19.9. The molecular formula is C19H17Br2ClN4OS. The molecule has 0 atom stereocenters. The summed E-state index contributed by atoms with van der Waals surface area (Å²) < 4.78 is 3.61. The van der Waals surface area contributed by atoms with Crippen molar-refractivity contribution in [1.29, 1.82) is 0 Å². The lowest BCUT2D eigenvalue weighted by molar-refractivity contribution is -0.113. The van der Waals surface area contributed by atoms with Crippen LogP contribution in [0.5, 0.6) is 0 Å². The minimum atomic E-state index is -0.125. The molecule has 0 bridgehead atoms. The molecule has 0 aliphatic heterocycles. The third kappa shape index (κ3) is 4.79. The second-order valence-electron chi connectivity index (χ2n) is 5.97. The van der Waals surface area contributed by atoms with Crippen LogP contribution in [0.15, 0.2) is 50.5 Å².